The number of amides is 1. The van der Waals surface area contributed by atoms with Crippen LogP contribution in [0.2, 0.25) is 0 Å². The van der Waals surface area contributed by atoms with Crippen LogP contribution in [0.3, 0.4) is 0 Å². The second kappa shape index (κ2) is 6.08. The van der Waals surface area contributed by atoms with Crippen LogP contribution in [-0.2, 0) is 10.0 Å². The fraction of sp³-hybridized carbons (Fsp3) is 0. The predicted octanol–water partition coefficient (Wildman–Crippen LogP) is 3.38. The second-order valence-corrected chi connectivity index (χ2v) is 7.33. The van der Waals surface area contributed by atoms with E-state index in [1.165, 1.54) is 17.4 Å². The number of thiophene rings is 1. The lowest BCUT2D eigenvalue weighted by molar-refractivity contribution is 0.0981. The Bertz CT molecular complexity index is 801. The summed E-state index contributed by atoms with van der Waals surface area (Å²) in [6, 6.07) is 4.93. The molecular weight excluding hydrogens is 381 g/mol. The third-order valence-corrected chi connectivity index (χ3v) is 5.25. The zero-order valence-corrected chi connectivity index (χ0v) is 13.7. The number of benzene rings is 1. The third kappa shape index (κ3) is 3.58. The fourth-order valence-electron chi connectivity index (χ4n) is 1.49. The molecule has 0 saturated carbocycles. The van der Waals surface area contributed by atoms with Gasteiger partial charge in [0.2, 0.25) is 0 Å². The van der Waals surface area contributed by atoms with Crippen LogP contribution in [0.4, 0.5) is 4.39 Å². The van der Waals surface area contributed by atoms with Crippen molar-refractivity contribution in [1.29, 1.82) is 0 Å². The minimum absolute atomic E-state index is 0.0121. The minimum Gasteiger partial charge on any atom is -0.268 e. The van der Waals surface area contributed by atoms with E-state index < -0.39 is 21.7 Å². The van der Waals surface area contributed by atoms with Crippen LogP contribution in [-0.4, -0.2) is 14.3 Å². The van der Waals surface area contributed by atoms with Crippen LogP contribution in [0.5, 0.6) is 0 Å². The van der Waals surface area contributed by atoms with Crippen molar-refractivity contribution in [2.24, 2.45) is 0 Å². The maximum absolute atomic E-state index is 13.0. The van der Waals surface area contributed by atoms with E-state index >= 15 is 0 Å². The molecule has 0 aliphatic rings. The molecule has 2 rings (SSSR count). The van der Waals surface area contributed by atoms with E-state index in [0.29, 0.717) is 5.56 Å². The van der Waals surface area contributed by atoms with Crippen LogP contribution >= 0.6 is 27.3 Å². The van der Waals surface area contributed by atoms with Crippen molar-refractivity contribution in [3.8, 4) is 0 Å². The largest absolute Gasteiger partial charge is 0.268 e. The Kier molecular flexibility index (Phi) is 4.60. The van der Waals surface area contributed by atoms with Gasteiger partial charge in [0.15, 0.2) is 0 Å². The second-order valence-electron chi connectivity index (χ2n) is 3.99. The number of hydrogen-bond acceptors (Lipinski definition) is 4. The van der Waals surface area contributed by atoms with Gasteiger partial charge >= 0.3 is 0 Å². The average molecular weight is 390 g/mol. The van der Waals surface area contributed by atoms with Crippen LogP contribution < -0.4 is 4.72 Å². The van der Waals surface area contributed by atoms with Crippen molar-refractivity contribution in [1.82, 2.24) is 4.72 Å². The van der Waals surface area contributed by atoms with Gasteiger partial charge in [-0.15, -0.1) is 0 Å². The summed E-state index contributed by atoms with van der Waals surface area (Å²) in [5.41, 5.74) is 0.427. The topological polar surface area (TPSA) is 63.2 Å². The van der Waals surface area contributed by atoms with Gasteiger partial charge in [-0.3, -0.25) is 4.79 Å². The molecule has 0 fully saturated rings. The Morgan fingerprint density at radius 1 is 1.33 bits per heavy atom. The number of carbonyl (C=O) groups excluding carboxylic acids is 1. The summed E-state index contributed by atoms with van der Waals surface area (Å²) in [4.78, 5) is 11.8. The number of halogens is 2. The first kappa shape index (κ1) is 15.9. The first-order valence-corrected chi connectivity index (χ1v) is 8.77. The van der Waals surface area contributed by atoms with Crippen LogP contribution in [0.15, 0.2) is 46.1 Å². The highest BCUT2D eigenvalue weighted by Gasteiger charge is 2.22. The smallest absolute Gasteiger partial charge is 0.266 e. The van der Waals surface area contributed by atoms with Crippen molar-refractivity contribution in [3.63, 3.8) is 0 Å². The molecule has 0 bridgehead atoms. The van der Waals surface area contributed by atoms with E-state index in [1.807, 2.05) is 4.72 Å². The zero-order valence-electron chi connectivity index (χ0n) is 10.5. The average Bonchev–Trinajstić information content (AvgIpc) is 2.90. The molecule has 21 heavy (non-hydrogen) atoms. The van der Waals surface area contributed by atoms with Gasteiger partial charge < -0.3 is 0 Å². The third-order valence-electron chi connectivity index (χ3n) is 2.57. The Labute approximate surface area is 133 Å². The van der Waals surface area contributed by atoms with Gasteiger partial charge in [-0.2, -0.15) is 11.3 Å². The molecule has 4 nitrogen and oxygen atoms in total. The highest BCUT2D eigenvalue weighted by Crippen LogP contribution is 2.22. The molecule has 1 N–H and O–H groups in total. The molecule has 0 atom stereocenters. The van der Waals surface area contributed by atoms with E-state index in [1.54, 1.807) is 16.8 Å². The standard InChI is InChI=1S/C13H9BrFNO3S2/c1-8(9-4-5-20-7-9)21(18,19)16-13(17)11-3-2-10(15)6-12(11)14/h2-7H,1H2,(H,16,17). The van der Waals surface area contributed by atoms with Gasteiger partial charge in [-0.25, -0.2) is 17.5 Å². The number of rotatable bonds is 4. The molecule has 0 spiro atoms. The summed E-state index contributed by atoms with van der Waals surface area (Å²) in [6.07, 6.45) is 0. The summed E-state index contributed by atoms with van der Waals surface area (Å²) in [7, 11) is -4.06. The number of sulfonamides is 1. The summed E-state index contributed by atoms with van der Waals surface area (Å²) in [5.74, 6) is -1.40. The number of hydrogen-bond donors (Lipinski definition) is 1. The van der Waals surface area contributed by atoms with Gasteiger partial charge in [-0.05, 0) is 51.0 Å². The molecule has 110 valence electrons. The van der Waals surface area contributed by atoms with Gasteiger partial charge in [0.05, 0.1) is 10.5 Å². The van der Waals surface area contributed by atoms with Crippen molar-refractivity contribution in [2.75, 3.05) is 0 Å². The Balaban J connectivity index is 2.24. The first-order chi connectivity index (χ1) is 9.81. The Hall–Kier alpha value is -1.51. The van der Waals surface area contributed by atoms with Crippen LogP contribution in [0.1, 0.15) is 15.9 Å². The van der Waals surface area contributed by atoms with Crippen LogP contribution in [0.25, 0.3) is 4.91 Å². The lowest BCUT2D eigenvalue weighted by Gasteiger charge is -2.09. The van der Waals surface area contributed by atoms with E-state index in [-0.39, 0.29) is 14.9 Å². The molecule has 1 amide bonds. The molecular formula is C13H9BrFNO3S2. The summed E-state index contributed by atoms with van der Waals surface area (Å²) in [5, 5.41) is 3.31. The summed E-state index contributed by atoms with van der Waals surface area (Å²) in [6.45, 7) is 3.48. The molecule has 0 aliphatic heterocycles. The van der Waals surface area contributed by atoms with Crippen molar-refractivity contribution < 1.29 is 17.6 Å². The molecule has 0 saturated heterocycles. The lowest BCUT2D eigenvalue weighted by atomic mass is 10.2. The number of carbonyl (C=O) groups is 1. The van der Waals surface area contributed by atoms with E-state index in [9.17, 15) is 17.6 Å². The highest BCUT2D eigenvalue weighted by atomic mass is 79.9. The Morgan fingerprint density at radius 3 is 2.62 bits per heavy atom. The molecule has 8 heteroatoms. The van der Waals surface area contributed by atoms with Crippen molar-refractivity contribution >= 4 is 48.1 Å². The molecule has 1 aromatic carbocycles. The maximum atomic E-state index is 13.0. The molecule has 0 aliphatic carbocycles. The molecule has 2 aromatic rings. The van der Waals surface area contributed by atoms with Gasteiger partial charge in [-0.1, -0.05) is 6.58 Å². The highest BCUT2D eigenvalue weighted by molar-refractivity contribution is 9.10. The monoisotopic (exact) mass is 389 g/mol. The Morgan fingerprint density at radius 2 is 2.05 bits per heavy atom. The van der Waals surface area contributed by atoms with Crippen LogP contribution in [0, 0.1) is 5.82 Å². The lowest BCUT2D eigenvalue weighted by Crippen LogP contribution is -2.31. The SMILES string of the molecule is C=C(c1ccsc1)S(=O)(=O)NC(=O)c1ccc(F)cc1Br. The van der Waals surface area contributed by atoms with Gasteiger partial charge in [0.1, 0.15) is 5.82 Å². The minimum atomic E-state index is -4.06. The first-order valence-electron chi connectivity index (χ1n) is 5.55. The van der Waals surface area contributed by atoms with E-state index in [2.05, 4.69) is 22.5 Å². The fourth-order valence-corrected chi connectivity index (χ4v) is 3.68. The normalized spacial score (nSPS) is 11.1. The van der Waals surface area contributed by atoms with Gasteiger partial charge in [0, 0.05) is 10.0 Å². The maximum Gasteiger partial charge on any atom is 0.266 e. The molecule has 0 radical (unpaired) electrons. The molecule has 1 aromatic heterocycles. The molecule has 1 heterocycles. The summed E-state index contributed by atoms with van der Waals surface area (Å²) < 4.78 is 39.2. The zero-order chi connectivity index (χ0) is 15.6. The summed E-state index contributed by atoms with van der Waals surface area (Å²) >= 11 is 4.33. The predicted molar refractivity (Wildman–Crippen MR) is 83.8 cm³/mol. The van der Waals surface area contributed by atoms with Crippen molar-refractivity contribution in [3.05, 3.63) is 63.0 Å². The van der Waals surface area contributed by atoms with E-state index in [0.717, 1.165) is 12.1 Å². The molecule has 0 unspecified atom stereocenters. The van der Waals surface area contributed by atoms with Gasteiger partial charge in [0.25, 0.3) is 15.9 Å². The number of nitrogens with one attached hydrogen (secondary N) is 1. The van der Waals surface area contributed by atoms with E-state index in [4.69, 9.17) is 0 Å². The quantitative estimate of drug-likeness (QED) is 0.871. The van der Waals surface area contributed by atoms with Crippen molar-refractivity contribution in [2.45, 2.75) is 0 Å².